The molecule has 1 saturated carbocycles. The Morgan fingerprint density at radius 3 is 2.36 bits per heavy atom. The molecule has 2 aliphatic heterocycles. The number of amides is 3. The fourth-order valence-electron chi connectivity index (χ4n) is 4.25. The molecular weight excluding hydrogens is 362 g/mol. The fourth-order valence-corrected chi connectivity index (χ4v) is 4.25. The summed E-state index contributed by atoms with van der Waals surface area (Å²) in [6.45, 7) is 3.54. The van der Waals surface area contributed by atoms with Crippen LogP contribution in [0.2, 0.25) is 0 Å². The zero-order valence-corrected chi connectivity index (χ0v) is 15.9. The van der Waals surface area contributed by atoms with E-state index >= 15 is 0 Å². The van der Waals surface area contributed by atoms with Crippen LogP contribution in [0.5, 0.6) is 5.75 Å². The number of benzene rings is 1. The van der Waals surface area contributed by atoms with E-state index in [2.05, 4.69) is 5.32 Å². The van der Waals surface area contributed by atoms with Gasteiger partial charge in [-0.15, -0.1) is 0 Å². The molecule has 0 aromatic heterocycles. The number of likely N-dealkylation sites (tertiary alicyclic amines) is 1. The van der Waals surface area contributed by atoms with Crippen molar-refractivity contribution in [3.8, 4) is 5.75 Å². The maximum atomic E-state index is 12.5. The van der Waals surface area contributed by atoms with Gasteiger partial charge in [0.15, 0.2) is 6.61 Å². The molecule has 8 heteroatoms. The van der Waals surface area contributed by atoms with Gasteiger partial charge in [-0.05, 0) is 37.1 Å². The number of anilines is 1. The predicted molar refractivity (Wildman–Crippen MR) is 102 cm³/mol. The third-order valence-electron chi connectivity index (χ3n) is 5.90. The topological polar surface area (TPSA) is 91.3 Å². The van der Waals surface area contributed by atoms with Crippen LogP contribution in [0, 0.1) is 11.8 Å². The van der Waals surface area contributed by atoms with Gasteiger partial charge in [-0.3, -0.25) is 4.79 Å². The second kappa shape index (κ2) is 8.36. The first kappa shape index (κ1) is 19.0. The molecule has 0 radical (unpaired) electrons. The van der Waals surface area contributed by atoms with Crippen molar-refractivity contribution in [2.24, 2.45) is 11.8 Å². The summed E-state index contributed by atoms with van der Waals surface area (Å²) in [6, 6.07) is 6.87. The van der Waals surface area contributed by atoms with Crippen LogP contribution in [0.1, 0.15) is 12.8 Å². The highest BCUT2D eigenvalue weighted by Gasteiger charge is 2.42. The lowest BCUT2D eigenvalue weighted by Crippen LogP contribution is -2.48. The van der Waals surface area contributed by atoms with Gasteiger partial charge < -0.3 is 29.7 Å². The lowest BCUT2D eigenvalue weighted by Gasteiger charge is -2.35. The van der Waals surface area contributed by atoms with E-state index in [1.807, 2.05) is 0 Å². The minimum absolute atomic E-state index is 0.00934. The Hall–Kier alpha value is -2.32. The van der Waals surface area contributed by atoms with E-state index in [4.69, 9.17) is 9.47 Å². The molecule has 4 rings (SSSR count). The van der Waals surface area contributed by atoms with Crippen molar-refractivity contribution in [3.05, 3.63) is 24.3 Å². The van der Waals surface area contributed by atoms with Gasteiger partial charge in [0.05, 0.1) is 19.3 Å². The summed E-state index contributed by atoms with van der Waals surface area (Å²) in [4.78, 5) is 28.1. The third-order valence-corrected chi connectivity index (χ3v) is 5.90. The summed E-state index contributed by atoms with van der Waals surface area (Å²) in [7, 11) is 0. The van der Waals surface area contributed by atoms with E-state index < -0.39 is 0 Å². The molecule has 152 valence electrons. The van der Waals surface area contributed by atoms with Crippen LogP contribution in [0.15, 0.2) is 24.3 Å². The van der Waals surface area contributed by atoms with Gasteiger partial charge >= 0.3 is 6.03 Å². The molecule has 0 spiro atoms. The average Bonchev–Trinajstić information content (AvgIpc) is 2.93. The van der Waals surface area contributed by atoms with Crippen LogP contribution in [-0.2, 0) is 9.53 Å². The van der Waals surface area contributed by atoms with Crippen LogP contribution in [0.4, 0.5) is 10.5 Å². The SMILES string of the molecule is O=C(COc1ccc(NC(=O)N2C[C@H]3CC[C@@H](C2)C3O)cc1)N1CCOCC1. The number of aliphatic hydroxyl groups is 1. The van der Waals surface area contributed by atoms with Crippen molar-refractivity contribution in [1.82, 2.24) is 9.80 Å². The highest BCUT2D eigenvalue weighted by molar-refractivity contribution is 5.89. The molecule has 1 aliphatic carbocycles. The lowest BCUT2D eigenvalue weighted by atomic mass is 9.95. The molecule has 2 heterocycles. The van der Waals surface area contributed by atoms with Crippen molar-refractivity contribution in [2.45, 2.75) is 18.9 Å². The maximum absolute atomic E-state index is 12.5. The van der Waals surface area contributed by atoms with Crippen molar-refractivity contribution in [1.29, 1.82) is 0 Å². The molecule has 3 amide bonds. The maximum Gasteiger partial charge on any atom is 0.321 e. The Labute approximate surface area is 164 Å². The smallest absolute Gasteiger partial charge is 0.321 e. The Morgan fingerprint density at radius 2 is 1.71 bits per heavy atom. The molecule has 1 aromatic carbocycles. The molecule has 2 saturated heterocycles. The predicted octanol–water partition coefficient (Wildman–Crippen LogP) is 1.16. The summed E-state index contributed by atoms with van der Waals surface area (Å²) in [5.74, 6) is 0.926. The quantitative estimate of drug-likeness (QED) is 0.806. The number of fused-ring (bicyclic) bond motifs is 2. The van der Waals surface area contributed by atoms with Gasteiger partial charge in [0.1, 0.15) is 5.75 Å². The van der Waals surface area contributed by atoms with Crippen LogP contribution in [0.3, 0.4) is 0 Å². The van der Waals surface area contributed by atoms with Gasteiger partial charge in [-0.25, -0.2) is 4.79 Å². The first-order chi connectivity index (χ1) is 13.6. The first-order valence-corrected chi connectivity index (χ1v) is 9.92. The summed E-state index contributed by atoms with van der Waals surface area (Å²) in [5.41, 5.74) is 0.676. The van der Waals surface area contributed by atoms with Crippen LogP contribution < -0.4 is 10.1 Å². The van der Waals surface area contributed by atoms with Gasteiger partial charge in [0, 0.05) is 43.7 Å². The second-order valence-corrected chi connectivity index (χ2v) is 7.73. The lowest BCUT2D eigenvalue weighted by molar-refractivity contribution is -0.137. The number of hydrogen-bond donors (Lipinski definition) is 2. The van der Waals surface area contributed by atoms with Crippen molar-refractivity contribution >= 4 is 17.6 Å². The zero-order chi connectivity index (χ0) is 19.5. The average molecular weight is 389 g/mol. The normalized spacial score (nSPS) is 26.8. The molecular formula is C20H27N3O5. The molecule has 2 N–H and O–H groups in total. The Balaban J connectivity index is 1.25. The van der Waals surface area contributed by atoms with E-state index in [1.54, 1.807) is 34.1 Å². The van der Waals surface area contributed by atoms with Crippen LogP contribution in [-0.4, -0.2) is 78.9 Å². The summed E-state index contributed by atoms with van der Waals surface area (Å²) in [6.07, 6.45) is 1.72. The molecule has 3 fully saturated rings. The van der Waals surface area contributed by atoms with Gasteiger partial charge in [0.25, 0.3) is 5.91 Å². The standard InChI is InChI=1S/C20H27N3O5/c24-18(22-7-9-27-10-8-22)13-28-17-5-3-16(4-6-17)21-20(26)23-11-14-1-2-15(12-23)19(14)25/h3-6,14-15,19,25H,1-2,7-13H2,(H,21,26)/t14-,15+,19?. The molecule has 28 heavy (non-hydrogen) atoms. The summed E-state index contributed by atoms with van der Waals surface area (Å²) < 4.78 is 10.8. The number of carbonyl (C=O) groups is 2. The number of carbonyl (C=O) groups excluding carboxylic acids is 2. The molecule has 2 bridgehead atoms. The van der Waals surface area contributed by atoms with Gasteiger partial charge in [-0.2, -0.15) is 0 Å². The monoisotopic (exact) mass is 389 g/mol. The number of morpholine rings is 1. The molecule has 3 atom stereocenters. The van der Waals surface area contributed by atoms with E-state index in [0.717, 1.165) is 12.8 Å². The number of ether oxygens (including phenoxy) is 2. The molecule has 1 unspecified atom stereocenters. The van der Waals surface area contributed by atoms with Crippen molar-refractivity contribution < 1.29 is 24.2 Å². The van der Waals surface area contributed by atoms with E-state index in [-0.39, 0.29) is 36.5 Å². The summed E-state index contributed by atoms with van der Waals surface area (Å²) >= 11 is 0. The Bertz CT molecular complexity index is 690. The Kier molecular flexibility index (Phi) is 5.68. The van der Waals surface area contributed by atoms with Crippen molar-refractivity contribution in [3.63, 3.8) is 0 Å². The van der Waals surface area contributed by atoms with E-state index in [0.29, 0.717) is 50.8 Å². The number of urea groups is 1. The number of hydrogen-bond acceptors (Lipinski definition) is 5. The fraction of sp³-hybridized carbons (Fsp3) is 0.600. The minimum Gasteiger partial charge on any atom is -0.484 e. The number of nitrogens with one attached hydrogen (secondary N) is 1. The minimum atomic E-state index is -0.263. The van der Waals surface area contributed by atoms with E-state index in [9.17, 15) is 14.7 Å². The Morgan fingerprint density at radius 1 is 1.07 bits per heavy atom. The first-order valence-electron chi connectivity index (χ1n) is 9.92. The number of nitrogens with zero attached hydrogens (tertiary/aromatic N) is 2. The summed E-state index contributed by atoms with van der Waals surface area (Å²) in [5, 5.41) is 13.0. The largest absolute Gasteiger partial charge is 0.484 e. The number of aliphatic hydroxyl groups excluding tert-OH is 1. The van der Waals surface area contributed by atoms with Crippen LogP contribution in [0.25, 0.3) is 0 Å². The number of piperidine rings is 1. The highest BCUT2D eigenvalue weighted by atomic mass is 16.5. The second-order valence-electron chi connectivity index (χ2n) is 7.73. The third kappa shape index (κ3) is 4.23. The zero-order valence-electron chi connectivity index (χ0n) is 15.9. The highest BCUT2D eigenvalue weighted by Crippen LogP contribution is 2.36. The van der Waals surface area contributed by atoms with Gasteiger partial charge in [0.2, 0.25) is 0 Å². The van der Waals surface area contributed by atoms with Crippen LogP contribution >= 0.6 is 0 Å². The van der Waals surface area contributed by atoms with Gasteiger partial charge in [-0.1, -0.05) is 0 Å². The van der Waals surface area contributed by atoms with Crippen molar-refractivity contribution in [2.75, 3.05) is 51.3 Å². The number of rotatable bonds is 4. The molecule has 8 nitrogen and oxygen atoms in total. The molecule has 1 aromatic rings. The molecule has 3 aliphatic rings. The van der Waals surface area contributed by atoms with E-state index in [1.165, 1.54) is 0 Å².